The highest BCUT2D eigenvalue weighted by molar-refractivity contribution is 9.10. The topological polar surface area (TPSA) is 103 Å². The van der Waals surface area contributed by atoms with E-state index in [0.717, 1.165) is 0 Å². The molecule has 0 heterocycles. The summed E-state index contributed by atoms with van der Waals surface area (Å²) < 4.78 is 15.7. The first kappa shape index (κ1) is 19.8. The molecule has 0 atom stereocenters. The predicted molar refractivity (Wildman–Crippen MR) is 89.2 cm³/mol. The van der Waals surface area contributed by atoms with Crippen LogP contribution in [0.15, 0.2) is 16.6 Å². The summed E-state index contributed by atoms with van der Waals surface area (Å²) in [4.78, 5) is 34.8. The number of nitrogens with one attached hydrogen (secondary N) is 2. The second kappa shape index (κ2) is 9.76. The minimum absolute atomic E-state index is 0.170. The number of benzene rings is 1. The lowest BCUT2D eigenvalue weighted by atomic mass is 10.2. The van der Waals surface area contributed by atoms with Crippen molar-refractivity contribution in [3.63, 3.8) is 0 Å². The van der Waals surface area contributed by atoms with E-state index in [1.807, 2.05) is 0 Å². The number of hydrogen-bond acceptors (Lipinski definition) is 6. The Morgan fingerprint density at radius 2 is 1.62 bits per heavy atom. The summed E-state index contributed by atoms with van der Waals surface area (Å²) in [5.74, 6) is -0.832. The molecule has 24 heavy (non-hydrogen) atoms. The second-order valence-corrected chi connectivity index (χ2v) is 5.29. The van der Waals surface area contributed by atoms with Crippen LogP contribution in [0.4, 0.5) is 0 Å². The van der Waals surface area contributed by atoms with Gasteiger partial charge in [-0.1, -0.05) is 0 Å². The molecular formula is C15H19BrN2O6. The number of halogens is 1. The number of amides is 2. The normalized spacial score (nSPS) is 9.83. The van der Waals surface area contributed by atoms with Gasteiger partial charge in [-0.25, -0.2) is 4.79 Å². The first-order valence-electron chi connectivity index (χ1n) is 7.04. The summed E-state index contributed by atoms with van der Waals surface area (Å²) in [5, 5.41) is 4.87. The van der Waals surface area contributed by atoms with Crippen molar-refractivity contribution in [1.29, 1.82) is 0 Å². The molecule has 2 amide bonds. The van der Waals surface area contributed by atoms with Crippen LogP contribution in [0.3, 0.4) is 0 Å². The van der Waals surface area contributed by atoms with Crippen molar-refractivity contribution in [1.82, 2.24) is 10.6 Å². The summed E-state index contributed by atoms with van der Waals surface area (Å²) >= 11 is 3.29. The molecule has 2 N–H and O–H groups in total. The van der Waals surface area contributed by atoms with Crippen LogP contribution in [0.1, 0.15) is 17.3 Å². The van der Waals surface area contributed by atoms with Gasteiger partial charge in [-0.2, -0.15) is 0 Å². The third kappa shape index (κ3) is 5.73. The highest BCUT2D eigenvalue weighted by Crippen LogP contribution is 2.35. The Hall–Kier alpha value is -2.29. The minimum Gasteiger partial charge on any atom is -0.495 e. The average Bonchev–Trinajstić information content (AvgIpc) is 2.58. The predicted octanol–water partition coefficient (Wildman–Crippen LogP) is 0.875. The van der Waals surface area contributed by atoms with Crippen LogP contribution in [-0.2, 0) is 14.3 Å². The summed E-state index contributed by atoms with van der Waals surface area (Å²) in [6, 6.07) is 2.92. The number of carbonyl (C=O) groups excluding carboxylic acids is 3. The molecular weight excluding hydrogens is 384 g/mol. The molecule has 9 heteroatoms. The van der Waals surface area contributed by atoms with E-state index >= 15 is 0 Å². The lowest BCUT2D eigenvalue weighted by molar-refractivity contribution is -0.127. The molecule has 0 spiro atoms. The second-order valence-electron chi connectivity index (χ2n) is 4.50. The van der Waals surface area contributed by atoms with Crippen molar-refractivity contribution < 1.29 is 28.6 Å². The number of methoxy groups -OCH3 is 2. The van der Waals surface area contributed by atoms with Gasteiger partial charge < -0.3 is 24.8 Å². The van der Waals surface area contributed by atoms with Gasteiger partial charge in [0.1, 0.15) is 16.0 Å². The van der Waals surface area contributed by atoms with Crippen molar-refractivity contribution in [2.45, 2.75) is 6.92 Å². The van der Waals surface area contributed by atoms with Gasteiger partial charge in [-0.15, -0.1) is 0 Å². The molecule has 0 fully saturated rings. The summed E-state index contributed by atoms with van der Waals surface area (Å²) in [7, 11) is 2.90. The van der Waals surface area contributed by atoms with Gasteiger partial charge in [0.15, 0.2) is 6.61 Å². The van der Waals surface area contributed by atoms with E-state index < -0.39 is 18.5 Å². The van der Waals surface area contributed by atoms with Gasteiger partial charge >= 0.3 is 5.97 Å². The Labute approximate surface area is 148 Å². The van der Waals surface area contributed by atoms with E-state index in [-0.39, 0.29) is 18.0 Å². The van der Waals surface area contributed by atoms with Gasteiger partial charge in [-0.3, -0.25) is 9.59 Å². The van der Waals surface area contributed by atoms with Gasteiger partial charge in [0.25, 0.3) is 5.91 Å². The fourth-order valence-electron chi connectivity index (χ4n) is 1.69. The maximum atomic E-state index is 12.0. The van der Waals surface area contributed by atoms with E-state index in [0.29, 0.717) is 22.5 Å². The largest absolute Gasteiger partial charge is 0.495 e. The van der Waals surface area contributed by atoms with Crippen molar-refractivity contribution in [2.24, 2.45) is 0 Å². The zero-order valence-electron chi connectivity index (χ0n) is 13.6. The van der Waals surface area contributed by atoms with Crippen molar-refractivity contribution in [3.8, 4) is 11.5 Å². The molecule has 0 bridgehead atoms. The van der Waals surface area contributed by atoms with Crippen molar-refractivity contribution in [3.05, 3.63) is 22.2 Å². The Bertz CT molecular complexity index is 595. The average molecular weight is 403 g/mol. The molecule has 0 aliphatic rings. The Morgan fingerprint density at radius 1 is 1.04 bits per heavy atom. The number of rotatable bonds is 8. The fraction of sp³-hybridized carbons (Fsp3) is 0.400. The Kier molecular flexibility index (Phi) is 8.03. The molecule has 1 aromatic rings. The van der Waals surface area contributed by atoms with Crippen LogP contribution in [0.2, 0.25) is 0 Å². The summed E-state index contributed by atoms with van der Waals surface area (Å²) in [5.41, 5.74) is 0.170. The maximum Gasteiger partial charge on any atom is 0.338 e. The van der Waals surface area contributed by atoms with Crippen LogP contribution in [-0.4, -0.2) is 51.7 Å². The lowest BCUT2D eigenvalue weighted by Gasteiger charge is -2.11. The van der Waals surface area contributed by atoms with Crippen LogP contribution >= 0.6 is 15.9 Å². The smallest absolute Gasteiger partial charge is 0.338 e. The number of esters is 1. The van der Waals surface area contributed by atoms with Crippen LogP contribution < -0.4 is 20.1 Å². The molecule has 0 unspecified atom stereocenters. The zero-order valence-corrected chi connectivity index (χ0v) is 15.2. The van der Waals surface area contributed by atoms with E-state index in [4.69, 9.17) is 14.2 Å². The number of ether oxygens (including phenoxy) is 3. The Morgan fingerprint density at radius 3 is 2.12 bits per heavy atom. The molecule has 0 aliphatic heterocycles. The number of hydrogen-bond donors (Lipinski definition) is 2. The molecule has 0 saturated heterocycles. The van der Waals surface area contributed by atoms with Gasteiger partial charge in [0.2, 0.25) is 5.91 Å². The first-order chi connectivity index (χ1) is 11.4. The molecule has 0 saturated carbocycles. The summed E-state index contributed by atoms with van der Waals surface area (Å²) in [6.45, 7) is 1.56. The third-order valence-electron chi connectivity index (χ3n) is 2.84. The number of carbonyl (C=O) groups is 3. The van der Waals surface area contributed by atoms with E-state index in [1.165, 1.54) is 26.4 Å². The van der Waals surface area contributed by atoms with Gasteiger partial charge in [-0.05, 0) is 35.0 Å². The molecule has 132 valence electrons. The minimum atomic E-state index is -0.716. The lowest BCUT2D eigenvalue weighted by Crippen LogP contribution is -2.38. The summed E-state index contributed by atoms with van der Waals surface area (Å²) in [6.07, 6.45) is 0. The molecule has 0 aliphatic carbocycles. The van der Waals surface area contributed by atoms with Crippen molar-refractivity contribution in [2.75, 3.05) is 33.9 Å². The zero-order chi connectivity index (χ0) is 18.1. The van der Waals surface area contributed by atoms with Crippen molar-refractivity contribution >= 4 is 33.7 Å². The third-order valence-corrected chi connectivity index (χ3v) is 3.62. The molecule has 1 rings (SSSR count). The van der Waals surface area contributed by atoms with Crippen LogP contribution in [0, 0.1) is 0 Å². The molecule has 8 nitrogen and oxygen atoms in total. The molecule has 0 radical (unpaired) electrons. The monoisotopic (exact) mass is 402 g/mol. The quantitative estimate of drug-likeness (QED) is 0.625. The van der Waals surface area contributed by atoms with E-state index in [9.17, 15) is 14.4 Å². The molecule has 0 aromatic heterocycles. The van der Waals surface area contributed by atoms with Crippen LogP contribution in [0.25, 0.3) is 0 Å². The van der Waals surface area contributed by atoms with Gasteiger partial charge in [0.05, 0.1) is 26.3 Å². The molecule has 1 aromatic carbocycles. The number of likely N-dealkylation sites (N-methyl/N-ethyl adjacent to an activating group) is 1. The van der Waals surface area contributed by atoms with E-state index in [2.05, 4.69) is 26.6 Å². The fourth-order valence-corrected chi connectivity index (χ4v) is 2.24. The highest BCUT2D eigenvalue weighted by atomic mass is 79.9. The Balaban J connectivity index is 2.62. The maximum absolute atomic E-state index is 12.0. The SMILES string of the molecule is CCNC(=O)CNC(=O)COC(=O)c1cc(OC)c(Br)c(OC)c1. The standard InChI is InChI=1S/C15H19BrN2O6/c1-4-17-12(19)7-18-13(20)8-24-15(21)9-5-10(22-2)14(16)11(6-9)23-3/h5-6H,4,7-8H2,1-3H3,(H,17,19)(H,18,20). The van der Waals surface area contributed by atoms with Crippen LogP contribution in [0.5, 0.6) is 11.5 Å². The highest BCUT2D eigenvalue weighted by Gasteiger charge is 2.17. The van der Waals surface area contributed by atoms with Gasteiger partial charge in [0, 0.05) is 6.54 Å². The first-order valence-corrected chi connectivity index (χ1v) is 7.84. The van der Waals surface area contributed by atoms with E-state index in [1.54, 1.807) is 6.92 Å².